The number of unbranched alkanes of at least 4 members (excludes halogenated alkanes) is 3. The Labute approximate surface area is 256 Å². The van der Waals surface area contributed by atoms with Gasteiger partial charge >= 0.3 is 0 Å². The molecule has 0 saturated heterocycles. The van der Waals surface area contributed by atoms with Gasteiger partial charge in [0.1, 0.15) is 12.2 Å². The van der Waals surface area contributed by atoms with E-state index in [0.717, 1.165) is 19.3 Å². The zero-order chi connectivity index (χ0) is 31.4. The predicted octanol–water partition coefficient (Wildman–Crippen LogP) is 3.29. The molecule has 44 heavy (non-hydrogen) atoms. The molecular formula is C33H40N2O9. The summed E-state index contributed by atoms with van der Waals surface area (Å²) in [6, 6.07) is 9.48. The highest BCUT2D eigenvalue weighted by Crippen LogP contribution is 2.51. The summed E-state index contributed by atoms with van der Waals surface area (Å²) in [7, 11) is 3.00. The molecule has 2 amide bonds. The maximum atomic E-state index is 14.2. The van der Waals surface area contributed by atoms with Gasteiger partial charge in [0, 0.05) is 29.6 Å². The van der Waals surface area contributed by atoms with Gasteiger partial charge in [-0.05, 0) is 42.3 Å². The average Bonchev–Trinajstić information content (AvgIpc) is 3.66. The lowest BCUT2D eigenvalue weighted by Gasteiger charge is -2.40. The molecule has 0 bridgehead atoms. The Bertz CT molecular complexity index is 1530. The van der Waals surface area contributed by atoms with Crippen LogP contribution in [0, 0.1) is 0 Å². The van der Waals surface area contributed by atoms with Crippen LogP contribution in [0.15, 0.2) is 52.5 Å². The van der Waals surface area contributed by atoms with Crippen LogP contribution >= 0.6 is 0 Å². The Balaban J connectivity index is 1.59. The molecule has 2 aliphatic rings. The maximum Gasteiger partial charge on any atom is 0.290 e. The van der Waals surface area contributed by atoms with Crippen molar-refractivity contribution in [1.82, 2.24) is 10.2 Å². The summed E-state index contributed by atoms with van der Waals surface area (Å²) in [6.45, 7) is 1.91. The third kappa shape index (κ3) is 5.87. The van der Waals surface area contributed by atoms with Crippen molar-refractivity contribution in [3.8, 4) is 17.2 Å². The van der Waals surface area contributed by atoms with Gasteiger partial charge in [-0.2, -0.15) is 0 Å². The van der Waals surface area contributed by atoms with E-state index in [2.05, 4.69) is 12.2 Å². The molecular weight excluding hydrogens is 568 g/mol. The molecule has 2 heterocycles. The standard InChI is InChI=1S/C33H40N2O9/c1-4-5-6-7-12-35(33(40)26-16-20-9-8-10-24(41-2)29(20)43-26)23-17-22(32(39)34-11-13-36)27-21-14-19(18-37)15-25(42-3)30(21)44-31(27)28(23)38/h8-10,14-17,23,27-28,31,36-38H,4-7,11-13,18H2,1-3H3,(H,34,39). The molecule has 1 aliphatic carbocycles. The van der Waals surface area contributed by atoms with Gasteiger partial charge in [-0.15, -0.1) is 0 Å². The van der Waals surface area contributed by atoms with E-state index in [-0.39, 0.29) is 31.1 Å². The van der Waals surface area contributed by atoms with Crippen LogP contribution in [0.4, 0.5) is 0 Å². The monoisotopic (exact) mass is 608 g/mol. The van der Waals surface area contributed by atoms with Gasteiger partial charge in [0.05, 0.1) is 39.4 Å². The molecule has 4 N–H and O–H groups in total. The number of para-hydroxylation sites is 1. The zero-order valence-corrected chi connectivity index (χ0v) is 25.2. The van der Waals surface area contributed by atoms with Gasteiger partial charge in [0.2, 0.25) is 5.91 Å². The Hall–Kier alpha value is -4.06. The SMILES string of the molecule is CCCCCCN(C(=O)c1cc2cccc(OC)c2o1)C1C=C(C(=O)NCCO)C2c3cc(CO)cc(OC)c3OC2C1O. The van der Waals surface area contributed by atoms with E-state index in [9.17, 15) is 24.9 Å². The van der Waals surface area contributed by atoms with Crippen molar-refractivity contribution in [2.75, 3.05) is 33.9 Å². The molecule has 0 spiro atoms. The second-order valence-electron chi connectivity index (χ2n) is 11.1. The van der Waals surface area contributed by atoms with Crippen LogP contribution in [0.25, 0.3) is 11.0 Å². The largest absolute Gasteiger partial charge is 0.493 e. The molecule has 11 nitrogen and oxygen atoms in total. The fourth-order valence-electron chi connectivity index (χ4n) is 6.16. The van der Waals surface area contributed by atoms with Crippen molar-refractivity contribution in [3.05, 3.63) is 64.9 Å². The minimum Gasteiger partial charge on any atom is -0.493 e. The van der Waals surface area contributed by atoms with Crippen LogP contribution in [0.5, 0.6) is 17.2 Å². The number of aliphatic hydroxyl groups is 3. The lowest BCUT2D eigenvalue weighted by molar-refractivity contribution is -0.118. The third-order valence-corrected chi connectivity index (χ3v) is 8.31. The summed E-state index contributed by atoms with van der Waals surface area (Å²) in [6.07, 6.45) is 3.01. The topological polar surface area (TPSA) is 151 Å². The molecule has 1 aliphatic heterocycles. The van der Waals surface area contributed by atoms with Crippen molar-refractivity contribution in [2.24, 2.45) is 0 Å². The van der Waals surface area contributed by atoms with Crippen LogP contribution in [0.1, 0.15) is 60.2 Å². The average molecular weight is 609 g/mol. The normalized spacial score (nSPS) is 20.4. The molecule has 0 saturated carbocycles. The number of hydrogen-bond donors (Lipinski definition) is 4. The van der Waals surface area contributed by atoms with Crippen molar-refractivity contribution >= 4 is 22.8 Å². The van der Waals surface area contributed by atoms with Gasteiger partial charge in [-0.25, -0.2) is 0 Å². The number of benzene rings is 2. The molecule has 1 aromatic heterocycles. The molecule has 0 fully saturated rings. The van der Waals surface area contributed by atoms with E-state index in [4.69, 9.17) is 18.6 Å². The summed E-state index contributed by atoms with van der Waals surface area (Å²) >= 11 is 0. The lowest BCUT2D eigenvalue weighted by Crippen LogP contribution is -2.56. The van der Waals surface area contributed by atoms with Crippen LogP contribution in [-0.4, -0.2) is 84.2 Å². The summed E-state index contributed by atoms with van der Waals surface area (Å²) in [5.41, 5.74) is 1.87. The maximum absolute atomic E-state index is 14.2. The van der Waals surface area contributed by atoms with Crippen LogP contribution < -0.4 is 19.5 Å². The van der Waals surface area contributed by atoms with E-state index in [1.807, 2.05) is 12.1 Å². The number of carbonyl (C=O) groups excluding carboxylic acids is 2. The summed E-state index contributed by atoms with van der Waals surface area (Å²) in [5.74, 6) is -0.296. The Kier molecular flexibility index (Phi) is 9.77. The first kappa shape index (κ1) is 31.4. The van der Waals surface area contributed by atoms with Gasteiger partial charge < -0.3 is 44.2 Å². The number of carbonyl (C=O) groups is 2. The third-order valence-electron chi connectivity index (χ3n) is 8.31. The van der Waals surface area contributed by atoms with E-state index in [1.165, 1.54) is 14.2 Å². The van der Waals surface area contributed by atoms with Gasteiger partial charge in [-0.3, -0.25) is 9.59 Å². The number of furan rings is 1. The van der Waals surface area contributed by atoms with Crippen molar-refractivity contribution < 1.29 is 43.5 Å². The smallest absolute Gasteiger partial charge is 0.290 e. The van der Waals surface area contributed by atoms with Crippen molar-refractivity contribution in [1.29, 1.82) is 0 Å². The summed E-state index contributed by atoms with van der Waals surface area (Å²) in [4.78, 5) is 29.3. The van der Waals surface area contributed by atoms with Gasteiger partial charge in [0.25, 0.3) is 5.91 Å². The fourth-order valence-corrected chi connectivity index (χ4v) is 6.16. The summed E-state index contributed by atoms with van der Waals surface area (Å²) < 4.78 is 23.3. The van der Waals surface area contributed by atoms with Gasteiger partial charge in [0.15, 0.2) is 28.6 Å². The predicted molar refractivity (Wildman–Crippen MR) is 162 cm³/mol. The quantitative estimate of drug-likeness (QED) is 0.214. The Morgan fingerprint density at radius 2 is 1.84 bits per heavy atom. The first-order chi connectivity index (χ1) is 21.4. The van der Waals surface area contributed by atoms with Crippen molar-refractivity contribution in [2.45, 2.75) is 63.4 Å². The van der Waals surface area contributed by atoms with E-state index in [0.29, 0.717) is 52.3 Å². The number of ether oxygens (including phenoxy) is 3. The number of amides is 2. The number of hydrogen-bond acceptors (Lipinski definition) is 9. The highest BCUT2D eigenvalue weighted by atomic mass is 16.5. The number of nitrogens with zero attached hydrogens (tertiary/aromatic N) is 1. The Morgan fingerprint density at radius 3 is 2.55 bits per heavy atom. The molecule has 4 atom stereocenters. The minimum absolute atomic E-state index is 0.0228. The minimum atomic E-state index is -1.22. The lowest BCUT2D eigenvalue weighted by atomic mass is 9.77. The second kappa shape index (κ2) is 13.7. The molecule has 3 aromatic rings. The van der Waals surface area contributed by atoms with Crippen molar-refractivity contribution in [3.63, 3.8) is 0 Å². The fraction of sp³-hybridized carbons (Fsp3) is 0.455. The summed E-state index contributed by atoms with van der Waals surface area (Å²) in [5, 5.41) is 34.6. The Morgan fingerprint density at radius 1 is 1.05 bits per heavy atom. The van der Waals surface area contributed by atoms with E-state index >= 15 is 0 Å². The highest BCUT2D eigenvalue weighted by Gasteiger charge is 2.51. The second-order valence-corrected chi connectivity index (χ2v) is 11.1. The number of methoxy groups -OCH3 is 2. The zero-order valence-electron chi connectivity index (χ0n) is 25.2. The highest BCUT2D eigenvalue weighted by molar-refractivity contribution is 5.99. The number of nitrogens with one attached hydrogen (secondary N) is 1. The molecule has 5 rings (SSSR count). The number of rotatable bonds is 13. The number of fused-ring (bicyclic) bond motifs is 4. The molecule has 236 valence electrons. The van der Waals surface area contributed by atoms with E-state index in [1.54, 1.807) is 35.2 Å². The molecule has 4 unspecified atom stereocenters. The van der Waals surface area contributed by atoms with E-state index < -0.39 is 36.0 Å². The molecule has 0 radical (unpaired) electrons. The van der Waals surface area contributed by atoms with Crippen LogP contribution in [-0.2, 0) is 11.4 Å². The first-order valence-electron chi connectivity index (χ1n) is 15.0. The van der Waals surface area contributed by atoms with Crippen LogP contribution in [0.2, 0.25) is 0 Å². The molecule has 2 aromatic carbocycles. The van der Waals surface area contributed by atoms with Crippen LogP contribution in [0.3, 0.4) is 0 Å². The first-order valence-corrected chi connectivity index (χ1v) is 15.0. The number of aliphatic hydroxyl groups excluding tert-OH is 3. The molecule has 11 heteroatoms. The van der Waals surface area contributed by atoms with Gasteiger partial charge in [-0.1, -0.05) is 38.3 Å².